The molecule has 2 rings (SSSR count). The van der Waals surface area contributed by atoms with Gasteiger partial charge in [0.1, 0.15) is 5.82 Å². The number of rotatable bonds is 3. The Morgan fingerprint density at radius 2 is 2.29 bits per heavy atom. The monoisotopic (exact) mass is 258 g/mol. The molecule has 0 radical (unpaired) electrons. The molecular formula is C10H18N4O2S. The molecule has 96 valence electrons. The molecule has 17 heavy (non-hydrogen) atoms. The van der Waals surface area contributed by atoms with E-state index in [0.29, 0.717) is 26.1 Å². The summed E-state index contributed by atoms with van der Waals surface area (Å²) in [6.45, 7) is 5.35. The molecule has 1 aliphatic heterocycles. The van der Waals surface area contributed by atoms with Gasteiger partial charge in [-0.3, -0.25) is 0 Å². The standard InChI is InChI=1S/C10H18N4O2S/c1-3-13-7-10(12-8(13)2)17(15,16)14-5-4-9(11)6-14/h7,9H,3-6,11H2,1-2H3/t9-/m1/s1. The van der Waals surface area contributed by atoms with Crippen molar-refractivity contribution in [2.24, 2.45) is 5.73 Å². The molecule has 1 atom stereocenters. The van der Waals surface area contributed by atoms with E-state index in [4.69, 9.17) is 5.73 Å². The molecule has 1 aromatic heterocycles. The van der Waals surface area contributed by atoms with Crippen LogP contribution in [0.25, 0.3) is 0 Å². The van der Waals surface area contributed by atoms with Gasteiger partial charge < -0.3 is 10.3 Å². The highest BCUT2D eigenvalue weighted by Crippen LogP contribution is 2.19. The van der Waals surface area contributed by atoms with Crippen LogP contribution in [-0.2, 0) is 16.6 Å². The van der Waals surface area contributed by atoms with Crippen LogP contribution in [0.1, 0.15) is 19.2 Å². The third-order valence-corrected chi connectivity index (χ3v) is 4.82. The Morgan fingerprint density at radius 3 is 2.76 bits per heavy atom. The van der Waals surface area contributed by atoms with E-state index in [-0.39, 0.29) is 11.1 Å². The maximum atomic E-state index is 12.3. The zero-order valence-electron chi connectivity index (χ0n) is 10.1. The summed E-state index contributed by atoms with van der Waals surface area (Å²) in [7, 11) is -3.46. The van der Waals surface area contributed by atoms with Crippen LogP contribution in [-0.4, -0.2) is 41.4 Å². The van der Waals surface area contributed by atoms with E-state index >= 15 is 0 Å². The van der Waals surface area contributed by atoms with Gasteiger partial charge in [0.05, 0.1) is 0 Å². The van der Waals surface area contributed by atoms with Gasteiger partial charge in [-0.1, -0.05) is 0 Å². The van der Waals surface area contributed by atoms with E-state index in [2.05, 4.69) is 4.98 Å². The van der Waals surface area contributed by atoms with Crippen molar-refractivity contribution in [3.8, 4) is 0 Å². The lowest BCUT2D eigenvalue weighted by Crippen LogP contribution is -2.32. The fourth-order valence-electron chi connectivity index (χ4n) is 2.03. The fourth-order valence-corrected chi connectivity index (χ4v) is 3.53. The first kappa shape index (κ1) is 12.5. The molecule has 1 fully saturated rings. The molecular weight excluding hydrogens is 240 g/mol. The fraction of sp³-hybridized carbons (Fsp3) is 0.700. The largest absolute Gasteiger partial charge is 0.334 e. The number of hydrogen-bond acceptors (Lipinski definition) is 4. The van der Waals surface area contributed by atoms with Gasteiger partial charge in [0.25, 0.3) is 10.0 Å². The molecule has 0 aliphatic carbocycles. The molecule has 0 spiro atoms. The molecule has 1 aliphatic rings. The van der Waals surface area contributed by atoms with Crippen LogP contribution < -0.4 is 5.73 Å². The highest BCUT2D eigenvalue weighted by molar-refractivity contribution is 7.89. The third kappa shape index (κ3) is 2.22. The second kappa shape index (κ2) is 4.40. The van der Waals surface area contributed by atoms with Crippen molar-refractivity contribution >= 4 is 10.0 Å². The average molecular weight is 258 g/mol. The van der Waals surface area contributed by atoms with E-state index in [1.165, 1.54) is 4.31 Å². The van der Waals surface area contributed by atoms with E-state index in [0.717, 1.165) is 5.82 Å². The first-order chi connectivity index (χ1) is 7.95. The van der Waals surface area contributed by atoms with Crippen molar-refractivity contribution in [2.75, 3.05) is 13.1 Å². The molecule has 6 nitrogen and oxygen atoms in total. The minimum absolute atomic E-state index is 0.0564. The van der Waals surface area contributed by atoms with Gasteiger partial charge in [-0.25, -0.2) is 13.4 Å². The Bertz CT molecular complexity index is 508. The van der Waals surface area contributed by atoms with E-state index < -0.39 is 10.0 Å². The van der Waals surface area contributed by atoms with Crippen molar-refractivity contribution in [2.45, 2.75) is 37.9 Å². The number of sulfonamides is 1. The van der Waals surface area contributed by atoms with Gasteiger partial charge in [-0.05, 0) is 20.3 Å². The van der Waals surface area contributed by atoms with Gasteiger partial charge >= 0.3 is 0 Å². The number of hydrogen-bond donors (Lipinski definition) is 1. The summed E-state index contributed by atoms with van der Waals surface area (Å²) in [4.78, 5) is 4.12. The Labute approximate surface area is 101 Å². The number of nitrogens with two attached hydrogens (primary N) is 1. The van der Waals surface area contributed by atoms with Crippen molar-refractivity contribution in [3.05, 3.63) is 12.0 Å². The quantitative estimate of drug-likeness (QED) is 0.823. The molecule has 0 saturated carbocycles. The zero-order chi connectivity index (χ0) is 12.6. The van der Waals surface area contributed by atoms with Crippen LogP contribution in [0, 0.1) is 6.92 Å². The Balaban J connectivity index is 2.31. The number of aryl methyl sites for hydroxylation is 2. The summed E-state index contributed by atoms with van der Waals surface area (Å²) < 4.78 is 27.8. The van der Waals surface area contributed by atoms with Gasteiger partial charge in [-0.15, -0.1) is 0 Å². The Morgan fingerprint density at radius 1 is 1.59 bits per heavy atom. The summed E-state index contributed by atoms with van der Waals surface area (Å²) in [6, 6.07) is -0.0564. The van der Waals surface area contributed by atoms with Crippen molar-refractivity contribution in [3.63, 3.8) is 0 Å². The number of aromatic nitrogens is 2. The Kier molecular flexibility index (Phi) is 3.24. The normalized spacial score (nSPS) is 22.2. The Hall–Kier alpha value is -0.920. The van der Waals surface area contributed by atoms with Gasteiger partial charge in [0, 0.05) is 31.9 Å². The summed E-state index contributed by atoms with van der Waals surface area (Å²) in [5.74, 6) is 0.717. The van der Waals surface area contributed by atoms with Crippen LogP contribution in [0.2, 0.25) is 0 Å². The third-order valence-electron chi connectivity index (χ3n) is 3.09. The van der Waals surface area contributed by atoms with Gasteiger partial charge in [0.2, 0.25) is 0 Å². The van der Waals surface area contributed by atoms with E-state index in [9.17, 15) is 8.42 Å². The summed E-state index contributed by atoms with van der Waals surface area (Å²) in [6.07, 6.45) is 2.31. The molecule has 0 bridgehead atoms. The first-order valence-electron chi connectivity index (χ1n) is 5.74. The number of imidazole rings is 1. The molecule has 1 aromatic rings. The highest BCUT2D eigenvalue weighted by atomic mass is 32.2. The van der Waals surface area contributed by atoms with Crippen LogP contribution in [0.3, 0.4) is 0 Å². The topological polar surface area (TPSA) is 81.2 Å². The summed E-state index contributed by atoms with van der Waals surface area (Å²) in [5.41, 5.74) is 5.73. The van der Waals surface area contributed by atoms with Gasteiger partial charge in [-0.2, -0.15) is 4.31 Å². The van der Waals surface area contributed by atoms with Crippen molar-refractivity contribution in [1.82, 2.24) is 13.9 Å². The molecule has 0 aromatic carbocycles. The summed E-state index contributed by atoms with van der Waals surface area (Å²) in [5, 5.41) is 0.131. The summed E-state index contributed by atoms with van der Waals surface area (Å²) >= 11 is 0. The zero-order valence-corrected chi connectivity index (χ0v) is 10.9. The maximum Gasteiger partial charge on any atom is 0.262 e. The first-order valence-corrected chi connectivity index (χ1v) is 7.18. The lowest BCUT2D eigenvalue weighted by atomic mass is 10.3. The second-order valence-corrected chi connectivity index (χ2v) is 6.21. The van der Waals surface area contributed by atoms with Crippen LogP contribution in [0.15, 0.2) is 11.2 Å². The molecule has 7 heteroatoms. The van der Waals surface area contributed by atoms with Crippen molar-refractivity contribution in [1.29, 1.82) is 0 Å². The lowest BCUT2D eigenvalue weighted by molar-refractivity contribution is 0.469. The molecule has 0 amide bonds. The number of nitrogens with zero attached hydrogens (tertiary/aromatic N) is 3. The second-order valence-electron chi connectivity index (χ2n) is 4.32. The van der Waals surface area contributed by atoms with Crippen LogP contribution >= 0.6 is 0 Å². The lowest BCUT2D eigenvalue weighted by Gasteiger charge is -2.13. The maximum absolute atomic E-state index is 12.3. The molecule has 1 saturated heterocycles. The highest BCUT2D eigenvalue weighted by Gasteiger charge is 2.32. The molecule has 2 heterocycles. The SMILES string of the molecule is CCn1cc(S(=O)(=O)N2CC[C@@H](N)C2)nc1C. The molecule has 0 unspecified atom stereocenters. The van der Waals surface area contributed by atoms with Gasteiger partial charge in [0.15, 0.2) is 5.03 Å². The minimum atomic E-state index is -3.46. The predicted octanol–water partition coefficient (Wildman–Crippen LogP) is -0.0669. The average Bonchev–Trinajstić information content (AvgIpc) is 2.85. The molecule has 2 N–H and O–H groups in total. The van der Waals surface area contributed by atoms with Crippen LogP contribution in [0.4, 0.5) is 0 Å². The van der Waals surface area contributed by atoms with Crippen molar-refractivity contribution < 1.29 is 8.42 Å². The minimum Gasteiger partial charge on any atom is -0.334 e. The van der Waals surface area contributed by atoms with Crippen LogP contribution in [0.5, 0.6) is 0 Å². The van der Waals surface area contributed by atoms with E-state index in [1.807, 2.05) is 11.5 Å². The van der Waals surface area contributed by atoms with E-state index in [1.54, 1.807) is 13.1 Å². The predicted molar refractivity (Wildman–Crippen MR) is 64.0 cm³/mol. The smallest absolute Gasteiger partial charge is 0.262 e.